The predicted molar refractivity (Wildman–Crippen MR) is 103 cm³/mol. The summed E-state index contributed by atoms with van der Waals surface area (Å²) in [6, 6.07) is 6.47. The first kappa shape index (κ1) is 21.0. The fraction of sp³-hybridized carbons (Fsp3) is 0.529. The highest BCUT2D eigenvalue weighted by Crippen LogP contribution is 2.15. The van der Waals surface area contributed by atoms with Crippen molar-refractivity contribution in [2.24, 2.45) is 10.1 Å². The molecule has 1 saturated heterocycles. The van der Waals surface area contributed by atoms with Crippen LogP contribution in [0.3, 0.4) is 0 Å². The highest BCUT2D eigenvalue weighted by atomic mass is 32.2. The van der Waals surface area contributed by atoms with Crippen molar-refractivity contribution < 1.29 is 17.9 Å². The molecule has 0 bridgehead atoms. The fourth-order valence-corrected chi connectivity index (χ4v) is 3.04. The molecule has 0 atom stereocenters. The van der Waals surface area contributed by atoms with Crippen LogP contribution in [0.1, 0.15) is 26.3 Å². The Kier molecular flexibility index (Phi) is 6.32. The van der Waals surface area contributed by atoms with E-state index in [0.29, 0.717) is 25.6 Å². The number of aliphatic imine (C=N–C) groups is 1. The van der Waals surface area contributed by atoms with Crippen LogP contribution in [0.2, 0.25) is 0 Å². The van der Waals surface area contributed by atoms with E-state index in [1.807, 2.05) is 20.8 Å². The van der Waals surface area contributed by atoms with Crippen molar-refractivity contribution in [2.75, 3.05) is 20.1 Å². The summed E-state index contributed by atoms with van der Waals surface area (Å²) in [5.41, 5.74) is 0.243. The number of sulfonamides is 1. The van der Waals surface area contributed by atoms with Gasteiger partial charge in [0.05, 0.1) is 10.9 Å². The van der Waals surface area contributed by atoms with Gasteiger partial charge in [0.2, 0.25) is 10.0 Å². The summed E-state index contributed by atoms with van der Waals surface area (Å²) >= 11 is 0. The summed E-state index contributed by atoms with van der Waals surface area (Å²) in [5, 5.41) is 11.5. The Morgan fingerprint density at radius 3 is 2.59 bits per heavy atom. The van der Waals surface area contributed by atoms with Crippen LogP contribution in [0.25, 0.3) is 0 Å². The summed E-state index contributed by atoms with van der Waals surface area (Å²) in [5.74, 6) is 0.560. The number of nitrogens with two attached hydrogens (primary N) is 1. The molecule has 0 aliphatic carbocycles. The molecule has 0 aromatic heterocycles. The lowest BCUT2D eigenvalue weighted by atomic mass is 10.1. The van der Waals surface area contributed by atoms with E-state index in [4.69, 9.17) is 9.88 Å². The molecule has 9 nitrogen and oxygen atoms in total. The molecule has 27 heavy (non-hydrogen) atoms. The summed E-state index contributed by atoms with van der Waals surface area (Å²) in [4.78, 5) is 17.8. The highest BCUT2D eigenvalue weighted by Gasteiger charge is 2.34. The van der Waals surface area contributed by atoms with Crippen molar-refractivity contribution in [2.45, 2.75) is 43.9 Å². The Balaban J connectivity index is 1.82. The van der Waals surface area contributed by atoms with Crippen molar-refractivity contribution in [3.05, 3.63) is 29.8 Å². The van der Waals surface area contributed by atoms with Gasteiger partial charge >= 0.3 is 6.09 Å². The van der Waals surface area contributed by atoms with E-state index in [2.05, 4.69) is 15.6 Å². The summed E-state index contributed by atoms with van der Waals surface area (Å²) in [6.45, 7) is 6.92. The molecule has 0 saturated carbocycles. The third kappa shape index (κ3) is 6.40. The third-order valence-corrected chi connectivity index (χ3v) is 4.70. The standard InChI is InChI=1S/C17H27N5O4S/c1-17(2,3)26-16(23)22-10-13(11-22)21-15(19-4)20-9-12-6-5-7-14(8-12)27(18,24)25/h5-8,13H,9-11H2,1-4H3,(H2,18,24,25)(H2,19,20,21). The summed E-state index contributed by atoms with van der Waals surface area (Å²) in [7, 11) is -2.09. The third-order valence-electron chi connectivity index (χ3n) is 3.78. The zero-order chi connectivity index (χ0) is 20.2. The van der Waals surface area contributed by atoms with Crippen LogP contribution in [0.4, 0.5) is 4.79 Å². The molecule has 4 N–H and O–H groups in total. The lowest BCUT2D eigenvalue weighted by Crippen LogP contribution is -2.63. The first-order chi connectivity index (χ1) is 12.5. The minimum Gasteiger partial charge on any atom is -0.444 e. The second-order valence-corrected chi connectivity index (χ2v) is 8.91. The number of hydrogen-bond donors (Lipinski definition) is 3. The molecule has 1 aromatic carbocycles. The zero-order valence-electron chi connectivity index (χ0n) is 16.0. The molecule has 1 heterocycles. The van der Waals surface area contributed by atoms with Crippen molar-refractivity contribution in [3.63, 3.8) is 0 Å². The van der Waals surface area contributed by atoms with Gasteiger partial charge in [-0.05, 0) is 38.5 Å². The van der Waals surface area contributed by atoms with Gasteiger partial charge in [0.25, 0.3) is 0 Å². The Labute approximate surface area is 160 Å². The largest absolute Gasteiger partial charge is 0.444 e. The van der Waals surface area contributed by atoms with Gasteiger partial charge in [-0.2, -0.15) is 0 Å². The quantitative estimate of drug-likeness (QED) is 0.505. The van der Waals surface area contributed by atoms with Crippen LogP contribution in [-0.4, -0.2) is 57.2 Å². The topological polar surface area (TPSA) is 126 Å². The van der Waals surface area contributed by atoms with Gasteiger partial charge in [0.1, 0.15) is 5.60 Å². The number of primary sulfonamides is 1. The van der Waals surface area contributed by atoms with Gasteiger partial charge in [-0.3, -0.25) is 4.99 Å². The molecule has 1 aromatic rings. The molecule has 1 aliphatic heterocycles. The highest BCUT2D eigenvalue weighted by molar-refractivity contribution is 7.89. The van der Waals surface area contributed by atoms with E-state index in [1.165, 1.54) is 12.1 Å². The van der Waals surface area contributed by atoms with Crippen molar-refractivity contribution in [1.82, 2.24) is 15.5 Å². The van der Waals surface area contributed by atoms with E-state index in [-0.39, 0.29) is 17.0 Å². The molecule has 1 aliphatic rings. The number of carbonyl (C=O) groups excluding carboxylic acids is 1. The second kappa shape index (κ2) is 8.13. The van der Waals surface area contributed by atoms with Crippen LogP contribution >= 0.6 is 0 Å². The fourth-order valence-electron chi connectivity index (χ4n) is 2.45. The van der Waals surface area contributed by atoms with Gasteiger partial charge in [0, 0.05) is 26.7 Å². The minimum atomic E-state index is -3.73. The van der Waals surface area contributed by atoms with E-state index in [9.17, 15) is 13.2 Å². The Morgan fingerprint density at radius 1 is 1.37 bits per heavy atom. The minimum absolute atomic E-state index is 0.0664. The van der Waals surface area contributed by atoms with Gasteiger partial charge in [-0.25, -0.2) is 18.4 Å². The first-order valence-electron chi connectivity index (χ1n) is 8.55. The molecule has 1 fully saturated rings. The number of nitrogens with zero attached hydrogens (tertiary/aromatic N) is 2. The normalized spacial score (nSPS) is 15.9. The Bertz CT molecular complexity index is 811. The number of amides is 1. The van der Waals surface area contributed by atoms with Crippen LogP contribution in [0, 0.1) is 0 Å². The maximum Gasteiger partial charge on any atom is 0.410 e. The zero-order valence-corrected chi connectivity index (χ0v) is 16.8. The smallest absolute Gasteiger partial charge is 0.410 e. The molecule has 0 radical (unpaired) electrons. The molecule has 10 heteroatoms. The summed E-state index contributed by atoms with van der Waals surface area (Å²) in [6.07, 6.45) is -0.330. The van der Waals surface area contributed by atoms with Crippen LogP contribution < -0.4 is 15.8 Å². The van der Waals surface area contributed by atoms with E-state index < -0.39 is 15.6 Å². The number of nitrogens with one attached hydrogen (secondary N) is 2. The lowest BCUT2D eigenvalue weighted by molar-refractivity contribution is 0.00701. The lowest BCUT2D eigenvalue weighted by Gasteiger charge is -2.40. The average molecular weight is 398 g/mol. The predicted octanol–water partition coefficient (Wildman–Crippen LogP) is 0.618. The van der Waals surface area contributed by atoms with Crippen LogP contribution in [0.15, 0.2) is 34.2 Å². The number of ether oxygens (including phenoxy) is 1. The van der Waals surface area contributed by atoms with E-state index in [0.717, 1.165) is 5.56 Å². The number of benzene rings is 1. The van der Waals surface area contributed by atoms with Gasteiger partial charge in [0.15, 0.2) is 5.96 Å². The number of rotatable bonds is 4. The van der Waals surface area contributed by atoms with Gasteiger partial charge in [-0.1, -0.05) is 12.1 Å². The average Bonchev–Trinajstić information content (AvgIpc) is 2.50. The maximum atomic E-state index is 11.9. The van der Waals surface area contributed by atoms with Crippen molar-refractivity contribution in [1.29, 1.82) is 0 Å². The number of carbonyl (C=O) groups is 1. The molecule has 2 rings (SSSR count). The SMILES string of the molecule is CN=C(NCc1cccc(S(N)(=O)=O)c1)NC1CN(C(=O)OC(C)(C)C)C1. The maximum absolute atomic E-state index is 11.9. The van der Waals surface area contributed by atoms with Gasteiger partial charge in [-0.15, -0.1) is 0 Å². The van der Waals surface area contributed by atoms with E-state index >= 15 is 0 Å². The first-order valence-corrected chi connectivity index (χ1v) is 10.1. The number of likely N-dealkylation sites (tertiary alicyclic amines) is 1. The van der Waals surface area contributed by atoms with Crippen LogP contribution in [0.5, 0.6) is 0 Å². The monoisotopic (exact) mass is 397 g/mol. The number of guanidine groups is 1. The molecule has 0 unspecified atom stereocenters. The van der Waals surface area contributed by atoms with E-state index in [1.54, 1.807) is 24.1 Å². The molecule has 1 amide bonds. The summed E-state index contributed by atoms with van der Waals surface area (Å²) < 4.78 is 28.2. The van der Waals surface area contributed by atoms with Gasteiger partial charge < -0.3 is 20.3 Å². The Morgan fingerprint density at radius 2 is 2.04 bits per heavy atom. The van der Waals surface area contributed by atoms with Crippen molar-refractivity contribution >= 4 is 22.1 Å². The molecular formula is C17H27N5O4S. The Hall–Kier alpha value is -2.33. The second-order valence-electron chi connectivity index (χ2n) is 7.34. The molecule has 150 valence electrons. The molecular weight excluding hydrogens is 370 g/mol. The molecule has 0 spiro atoms. The number of hydrogen-bond acceptors (Lipinski definition) is 5. The van der Waals surface area contributed by atoms with Crippen molar-refractivity contribution in [3.8, 4) is 0 Å². The van der Waals surface area contributed by atoms with Crippen LogP contribution in [-0.2, 0) is 21.3 Å².